The monoisotopic (exact) mass is 490 g/mol. The lowest BCUT2D eigenvalue weighted by Crippen LogP contribution is -2.38. The molecule has 186 valence electrons. The number of rotatable bonds is 5. The first-order valence-corrected chi connectivity index (χ1v) is 11.7. The molecule has 4 atom stereocenters. The number of aromatic hydroxyl groups is 1. The van der Waals surface area contributed by atoms with E-state index < -0.39 is 5.92 Å². The molecule has 2 N–H and O–H groups in total. The third kappa shape index (κ3) is 3.37. The number of aromatic nitrogens is 1. The first-order chi connectivity index (χ1) is 17.5. The number of hydrogen-bond acceptors (Lipinski definition) is 9. The highest BCUT2D eigenvalue weighted by Crippen LogP contribution is 2.56. The Balaban J connectivity index is 1.56. The zero-order valence-electron chi connectivity index (χ0n) is 20.1. The number of benzene rings is 2. The van der Waals surface area contributed by atoms with E-state index in [1.54, 1.807) is 18.3 Å². The molecule has 3 aliphatic rings. The second-order valence-electron chi connectivity index (χ2n) is 9.20. The van der Waals surface area contributed by atoms with Crippen LogP contribution in [0, 0.1) is 18.8 Å². The van der Waals surface area contributed by atoms with Crippen LogP contribution >= 0.6 is 0 Å². The Morgan fingerprint density at radius 3 is 2.39 bits per heavy atom. The molecule has 9 nitrogen and oxygen atoms in total. The van der Waals surface area contributed by atoms with Crippen molar-refractivity contribution >= 4 is 11.8 Å². The largest absolute Gasteiger partial charge is 0.502 e. The lowest BCUT2D eigenvalue weighted by molar-refractivity contribution is -0.141. The first kappa shape index (κ1) is 22.3. The molecule has 9 heteroatoms. The van der Waals surface area contributed by atoms with E-state index in [0.717, 1.165) is 28.1 Å². The molecule has 1 saturated heterocycles. The predicted octanol–water partition coefficient (Wildman–Crippen LogP) is 3.93. The lowest BCUT2D eigenvalue weighted by Gasteiger charge is -2.40. The molecular formula is C27H26N2O7. The Hall–Kier alpha value is -4.14. The molecule has 0 radical (unpaired) electrons. The second-order valence-corrected chi connectivity index (χ2v) is 9.20. The minimum atomic E-state index is -0.488. The summed E-state index contributed by atoms with van der Waals surface area (Å²) in [7, 11) is 2.96. The Bertz CT molecular complexity index is 1330. The number of ether oxygens (including phenoxy) is 5. The number of cyclic esters (lactones) is 1. The van der Waals surface area contributed by atoms with Gasteiger partial charge in [0.05, 0.1) is 32.8 Å². The highest BCUT2D eigenvalue weighted by atomic mass is 16.7. The van der Waals surface area contributed by atoms with Gasteiger partial charge in [0.1, 0.15) is 5.82 Å². The maximum atomic E-state index is 13.2. The molecule has 1 aromatic heterocycles. The van der Waals surface area contributed by atoms with Crippen LogP contribution < -0.4 is 24.3 Å². The number of carbonyl (C=O) groups excluding carboxylic acids is 1. The first-order valence-electron chi connectivity index (χ1n) is 11.7. The quantitative estimate of drug-likeness (QED) is 0.514. The number of phenols is 1. The molecule has 3 aromatic rings. The molecule has 0 unspecified atom stereocenters. The van der Waals surface area contributed by atoms with Crippen LogP contribution in [0.4, 0.5) is 5.82 Å². The van der Waals surface area contributed by atoms with Gasteiger partial charge in [-0.05, 0) is 59.5 Å². The van der Waals surface area contributed by atoms with E-state index in [4.69, 9.17) is 23.7 Å². The van der Waals surface area contributed by atoms with Gasteiger partial charge in [-0.15, -0.1) is 0 Å². The lowest BCUT2D eigenvalue weighted by atomic mass is 9.65. The summed E-state index contributed by atoms with van der Waals surface area (Å²) >= 11 is 0. The van der Waals surface area contributed by atoms with Gasteiger partial charge in [0.25, 0.3) is 0 Å². The smallest absolute Gasteiger partial charge is 0.310 e. The van der Waals surface area contributed by atoms with Crippen LogP contribution in [0.5, 0.6) is 28.7 Å². The number of fused-ring (bicyclic) bond motifs is 3. The summed E-state index contributed by atoms with van der Waals surface area (Å²) in [5.74, 6) is 1.12. The maximum absolute atomic E-state index is 13.2. The highest BCUT2D eigenvalue weighted by Gasteiger charge is 2.53. The van der Waals surface area contributed by atoms with Crippen molar-refractivity contribution in [3.8, 4) is 28.7 Å². The number of methoxy groups -OCH3 is 2. The van der Waals surface area contributed by atoms with Crippen molar-refractivity contribution in [3.63, 3.8) is 0 Å². The van der Waals surface area contributed by atoms with Crippen LogP contribution in [0.3, 0.4) is 0 Å². The predicted molar refractivity (Wildman–Crippen MR) is 129 cm³/mol. The van der Waals surface area contributed by atoms with Crippen molar-refractivity contribution < 1.29 is 33.6 Å². The summed E-state index contributed by atoms with van der Waals surface area (Å²) in [4.78, 5) is 17.8. The zero-order chi connectivity index (χ0) is 25.0. The SMILES string of the molecule is COc1cc([C@@H]2c3cc4c(cc3[C@@H](Nc3ncccc3C)[C@H]3COC(=O)[C@H]23)OCO4)cc(OC)c1O. The average Bonchev–Trinajstić information content (AvgIpc) is 3.50. The minimum Gasteiger partial charge on any atom is -0.502 e. The van der Waals surface area contributed by atoms with Gasteiger partial charge >= 0.3 is 5.97 Å². The number of carbonyl (C=O) groups is 1. The Morgan fingerprint density at radius 1 is 1.03 bits per heavy atom. The average molecular weight is 491 g/mol. The van der Waals surface area contributed by atoms with Gasteiger partial charge in [-0.25, -0.2) is 4.98 Å². The fraction of sp³-hybridized carbons (Fsp3) is 0.333. The van der Waals surface area contributed by atoms with E-state index in [-0.39, 0.29) is 54.5 Å². The van der Waals surface area contributed by atoms with Gasteiger partial charge in [0, 0.05) is 18.0 Å². The van der Waals surface area contributed by atoms with Gasteiger partial charge in [0.15, 0.2) is 23.0 Å². The van der Waals surface area contributed by atoms with Crippen LogP contribution in [0.1, 0.15) is 34.2 Å². The van der Waals surface area contributed by atoms with Crippen molar-refractivity contribution in [2.75, 3.05) is 32.9 Å². The standard InChI is InChI=1S/C27H26N2O7/c1-13-5-4-6-28-26(13)29-24-16-10-19-18(35-12-36-19)9-15(16)22(23-17(24)11-34-27(23)31)14-7-20(32-2)25(30)21(8-14)33-3/h4-10,17,22-24,30H,11-12H2,1-3H3,(H,28,29)/t17-,22+,23-,24+/m0/s1. The van der Waals surface area contributed by atoms with Gasteiger partial charge in [-0.3, -0.25) is 4.79 Å². The van der Waals surface area contributed by atoms with Gasteiger partial charge in [-0.2, -0.15) is 0 Å². The van der Waals surface area contributed by atoms with Gasteiger partial charge in [-0.1, -0.05) is 6.07 Å². The summed E-state index contributed by atoms with van der Waals surface area (Å²) in [6.07, 6.45) is 1.74. The summed E-state index contributed by atoms with van der Waals surface area (Å²) in [5.41, 5.74) is 3.64. The molecule has 0 bridgehead atoms. The number of pyridine rings is 1. The van der Waals surface area contributed by atoms with E-state index in [0.29, 0.717) is 11.5 Å². The number of anilines is 1. The van der Waals surface area contributed by atoms with Crippen molar-refractivity contribution in [1.29, 1.82) is 0 Å². The number of esters is 1. The van der Waals surface area contributed by atoms with E-state index in [1.807, 2.05) is 31.2 Å². The van der Waals surface area contributed by atoms with E-state index in [1.165, 1.54) is 14.2 Å². The zero-order valence-corrected chi connectivity index (χ0v) is 20.1. The molecule has 36 heavy (non-hydrogen) atoms. The minimum absolute atomic E-state index is 0.0961. The van der Waals surface area contributed by atoms with Crippen LogP contribution in [0.25, 0.3) is 0 Å². The number of nitrogens with zero attached hydrogens (tertiary/aromatic N) is 1. The van der Waals surface area contributed by atoms with E-state index >= 15 is 0 Å². The van der Waals surface area contributed by atoms with Crippen molar-refractivity contribution in [3.05, 3.63) is 64.8 Å². The molecule has 1 aliphatic carbocycles. The van der Waals surface area contributed by atoms with Crippen molar-refractivity contribution in [2.45, 2.75) is 18.9 Å². The molecular weight excluding hydrogens is 464 g/mol. The number of nitrogens with one attached hydrogen (secondary N) is 1. The summed E-state index contributed by atoms with van der Waals surface area (Å²) in [6.45, 7) is 2.39. The normalized spacial score (nSPS) is 23.5. The fourth-order valence-electron chi connectivity index (χ4n) is 5.63. The molecule has 6 rings (SSSR count). The van der Waals surface area contributed by atoms with Crippen molar-refractivity contribution in [2.24, 2.45) is 11.8 Å². The van der Waals surface area contributed by atoms with Crippen molar-refractivity contribution in [1.82, 2.24) is 4.98 Å². The Labute approximate surface area is 207 Å². The van der Waals surface area contributed by atoms with E-state index in [2.05, 4.69) is 10.3 Å². The van der Waals surface area contributed by atoms with Crippen LogP contribution in [-0.4, -0.2) is 43.7 Å². The molecule has 2 aliphatic heterocycles. The molecule has 1 fully saturated rings. The van der Waals surface area contributed by atoms with Gasteiger partial charge < -0.3 is 34.1 Å². The Kier molecular flexibility index (Phi) is 5.28. The molecule has 2 aromatic carbocycles. The molecule has 0 spiro atoms. The summed E-state index contributed by atoms with van der Waals surface area (Å²) in [5, 5.41) is 14.1. The summed E-state index contributed by atoms with van der Waals surface area (Å²) < 4.78 is 27.9. The highest BCUT2D eigenvalue weighted by molar-refractivity contribution is 5.79. The third-order valence-electron chi connectivity index (χ3n) is 7.35. The fourth-order valence-corrected chi connectivity index (χ4v) is 5.63. The second kappa shape index (κ2) is 8.51. The molecule has 3 heterocycles. The summed E-state index contributed by atoms with van der Waals surface area (Å²) in [6, 6.07) is 11.0. The maximum Gasteiger partial charge on any atom is 0.310 e. The number of phenolic OH excluding ortho intramolecular Hbond substituents is 1. The van der Waals surface area contributed by atoms with Crippen LogP contribution in [-0.2, 0) is 9.53 Å². The number of aryl methyl sites for hydroxylation is 1. The van der Waals surface area contributed by atoms with Crippen LogP contribution in [0.2, 0.25) is 0 Å². The third-order valence-corrected chi connectivity index (χ3v) is 7.35. The van der Waals surface area contributed by atoms with Gasteiger partial charge in [0.2, 0.25) is 12.5 Å². The molecule has 0 saturated carbocycles. The molecule has 0 amide bonds. The Morgan fingerprint density at radius 2 is 1.72 bits per heavy atom. The topological polar surface area (TPSA) is 108 Å². The van der Waals surface area contributed by atoms with Crippen LogP contribution in [0.15, 0.2) is 42.6 Å². The number of hydrogen-bond donors (Lipinski definition) is 2. The van der Waals surface area contributed by atoms with E-state index in [9.17, 15) is 9.90 Å².